The highest BCUT2D eigenvalue weighted by molar-refractivity contribution is 6.02. The van der Waals surface area contributed by atoms with Crippen molar-refractivity contribution in [3.8, 4) is 11.5 Å². The van der Waals surface area contributed by atoms with Gasteiger partial charge in [0.1, 0.15) is 12.7 Å². The molecule has 160 valence electrons. The Morgan fingerprint density at radius 3 is 2.70 bits per heavy atom. The second-order valence-electron chi connectivity index (χ2n) is 6.82. The van der Waals surface area contributed by atoms with Crippen molar-refractivity contribution in [2.24, 2.45) is 0 Å². The summed E-state index contributed by atoms with van der Waals surface area (Å²) in [6, 6.07) is 12.0. The number of hydrogen-bond acceptors (Lipinski definition) is 6. The molecule has 1 heterocycles. The normalized spacial score (nSPS) is 14.8. The van der Waals surface area contributed by atoms with E-state index in [9.17, 15) is 9.59 Å². The molecule has 1 atom stereocenters. The average Bonchev–Trinajstić information content (AvgIpc) is 2.77. The zero-order valence-corrected chi connectivity index (χ0v) is 17.0. The second kappa shape index (κ2) is 10.5. The zero-order valence-electron chi connectivity index (χ0n) is 17.0. The fraction of sp³-hybridized carbons (Fsp3) is 0.364. The molecule has 0 aliphatic carbocycles. The van der Waals surface area contributed by atoms with Gasteiger partial charge in [0, 0.05) is 31.0 Å². The molecule has 0 saturated heterocycles. The molecule has 30 heavy (non-hydrogen) atoms. The van der Waals surface area contributed by atoms with Crippen LogP contribution in [0.25, 0.3) is 0 Å². The molecule has 1 aliphatic heterocycles. The molecular weight excluding hydrogens is 386 g/mol. The minimum absolute atomic E-state index is 0.246. The van der Waals surface area contributed by atoms with E-state index in [1.165, 1.54) is 6.07 Å². The van der Waals surface area contributed by atoms with Gasteiger partial charge in [-0.15, -0.1) is 0 Å². The van der Waals surface area contributed by atoms with Crippen molar-refractivity contribution in [1.82, 2.24) is 10.6 Å². The highest BCUT2D eigenvalue weighted by Gasteiger charge is 2.21. The summed E-state index contributed by atoms with van der Waals surface area (Å²) in [7, 11) is 0. The summed E-state index contributed by atoms with van der Waals surface area (Å²) < 4.78 is 16.7. The predicted molar refractivity (Wildman–Crippen MR) is 113 cm³/mol. The van der Waals surface area contributed by atoms with Crippen molar-refractivity contribution >= 4 is 17.5 Å². The highest BCUT2D eigenvalue weighted by atomic mass is 16.6. The number of benzene rings is 2. The third-order valence-corrected chi connectivity index (χ3v) is 4.57. The van der Waals surface area contributed by atoms with E-state index >= 15 is 0 Å². The van der Waals surface area contributed by atoms with E-state index in [2.05, 4.69) is 10.6 Å². The van der Waals surface area contributed by atoms with Crippen molar-refractivity contribution in [3.63, 3.8) is 0 Å². The van der Waals surface area contributed by atoms with Crippen LogP contribution >= 0.6 is 0 Å². The molecule has 2 amide bonds. The Labute approximate surface area is 175 Å². The molecule has 4 N–H and O–H groups in total. The van der Waals surface area contributed by atoms with Crippen molar-refractivity contribution in [1.29, 1.82) is 0 Å². The molecule has 0 saturated carbocycles. The summed E-state index contributed by atoms with van der Waals surface area (Å²) in [5, 5.41) is 5.61. The topological polar surface area (TPSA) is 112 Å². The van der Waals surface area contributed by atoms with Crippen molar-refractivity contribution in [2.75, 3.05) is 38.6 Å². The van der Waals surface area contributed by atoms with Gasteiger partial charge in [0.2, 0.25) is 0 Å². The van der Waals surface area contributed by atoms with Gasteiger partial charge in [-0.2, -0.15) is 0 Å². The van der Waals surface area contributed by atoms with E-state index in [4.69, 9.17) is 19.9 Å². The SMILES string of the molecule is CCOCCCNC(=O)c1ccc(C(=O)NCC2COc3ccccc3O2)cc1N. The Morgan fingerprint density at radius 2 is 1.93 bits per heavy atom. The molecule has 8 heteroatoms. The van der Waals surface area contributed by atoms with E-state index in [0.717, 1.165) is 6.42 Å². The molecule has 3 rings (SSSR count). The lowest BCUT2D eigenvalue weighted by Crippen LogP contribution is -2.40. The van der Waals surface area contributed by atoms with Crippen LogP contribution in [0.3, 0.4) is 0 Å². The maximum Gasteiger partial charge on any atom is 0.253 e. The average molecular weight is 413 g/mol. The van der Waals surface area contributed by atoms with Crippen molar-refractivity contribution < 1.29 is 23.8 Å². The quantitative estimate of drug-likeness (QED) is 0.428. The van der Waals surface area contributed by atoms with Gasteiger partial charge in [-0.3, -0.25) is 9.59 Å². The molecule has 0 aromatic heterocycles. The highest BCUT2D eigenvalue weighted by Crippen LogP contribution is 2.30. The molecule has 0 bridgehead atoms. The Morgan fingerprint density at radius 1 is 1.13 bits per heavy atom. The summed E-state index contributed by atoms with van der Waals surface area (Å²) in [5.41, 5.74) is 6.95. The summed E-state index contributed by atoms with van der Waals surface area (Å²) in [4.78, 5) is 24.7. The molecule has 2 aromatic rings. The number of ether oxygens (including phenoxy) is 3. The van der Waals surface area contributed by atoms with Crippen LogP contribution in [0.5, 0.6) is 11.5 Å². The minimum Gasteiger partial charge on any atom is -0.486 e. The van der Waals surface area contributed by atoms with Crippen LogP contribution in [-0.4, -0.2) is 50.8 Å². The van der Waals surface area contributed by atoms with Crippen LogP contribution in [0.2, 0.25) is 0 Å². The lowest BCUT2D eigenvalue weighted by molar-refractivity contribution is 0.0789. The van der Waals surface area contributed by atoms with Gasteiger partial charge in [-0.25, -0.2) is 0 Å². The number of nitrogen functional groups attached to an aromatic ring is 1. The van der Waals surface area contributed by atoms with Gasteiger partial charge in [0.15, 0.2) is 11.5 Å². The van der Waals surface area contributed by atoms with E-state index in [1.807, 2.05) is 31.2 Å². The first-order valence-corrected chi connectivity index (χ1v) is 10.0. The molecule has 2 aromatic carbocycles. The third kappa shape index (κ3) is 5.64. The van der Waals surface area contributed by atoms with Crippen LogP contribution in [0.15, 0.2) is 42.5 Å². The number of para-hydroxylation sites is 2. The van der Waals surface area contributed by atoms with Gasteiger partial charge < -0.3 is 30.6 Å². The lowest BCUT2D eigenvalue weighted by atomic mass is 10.1. The molecule has 0 spiro atoms. The van der Waals surface area contributed by atoms with Crippen LogP contribution in [0, 0.1) is 0 Å². The summed E-state index contributed by atoms with van der Waals surface area (Å²) in [6.07, 6.45) is 0.431. The maximum atomic E-state index is 12.5. The first-order chi connectivity index (χ1) is 14.6. The van der Waals surface area contributed by atoms with Crippen LogP contribution in [0.4, 0.5) is 5.69 Å². The minimum atomic E-state index is -0.298. The van der Waals surface area contributed by atoms with Gasteiger partial charge in [0.05, 0.1) is 12.1 Å². The monoisotopic (exact) mass is 413 g/mol. The number of hydrogen-bond donors (Lipinski definition) is 3. The van der Waals surface area contributed by atoms with Gasteiger partial charge >= 0.3 is 0 Å². The fourth-order valence-electron chi connectivity index (χ4n) is 3.00. The van der Waals surface area contributed by atoms with Crippen LogP contribution < -0.4 is 25.8 Å². The number of fused-ring (bicyclic) bond motifs is 1. The Bertz CT molecular complexity index is 887. The Kier molecular flexibility index (Phi) is 7.51. The molecule has 0 fully saturated rings. The second-order valence-corrected chi connectivity index (χ2v) is 6.82. The number of anilines is 1. The van der Waals surface area contributed by atoms with Crippen molar-refractivity contribution in [3.05, 3.63) is 53.6 Å². The Hall–Kier alpha value is -3.26. The predicted octanol–water partition coefficient (Wildman–Crippen LogP) is 2.00. The third-order valence-electron chi connectivity index (χ3n) is 4.57. The number of carbonyl (C=O) groups excluding carboxylic acids is 2. The largest absolute Gasteiger partial charge is 0.486 e. The lowest BCUT2D eigenvalue weighted by Gasteiger charge is -2.26. The molecule has 8 nitrogen and oxygen atoms in total. The molecule has 1 aliphatic rings. The number of nitrogens with one attached hydrogen (secondary N) is 2. The van der Waals surface area contributed by atoms with Gasteiger partial charge in [-0.1, -0.05) is 12.1 Å². The molecule has 0 radical (unpaired) electrons. The van der Waals surface area contributed by atoms with Crippen molar-refractivity contribution in [2.45, 2.75) is 19.4 Å². The summed E-state index contributed by atoms with van der Waals surface area (Å²) in [5.74, 6) is 0.777. The molecule has 1 unspecified atom stereocenters. The number of nitrogens with two attached hydrogens (primary N) is 1. The fourth-order valence-corrected chi connectivity index (χ4v) is 3.00. The van der Waals surface area contributed by atoms with Crippen LogP contribution in [-0.2, 0) is 4.74 Å². The zero-order chi connectivity index (χ0) is 21.3. The first kappa shape index (κ1) is 21.4. The van der Waals surface area contributed by atoms with E-state index in [1.54, 1.807) is 12.1 Å². The summed E-state index contributed by atoms with van der Waals surface area (Å²) in [6.45, 7) is 4.29. The molecular formula is C22H27N3O5. The van der Waals surface area contributed by atoms with E-state index < -0.39 is 0 Å². The van der Waals surface area contributed by atoms with Crippen LogP contribution in [0.1, 0.15) is 34.1 Å². The van der Waals surface area contributed by atoms with Gasteiger partial charge in [0.25, 0.3) is 11.8 Å². The smallest absolute Gasteiger partial charge is 0.253 e. The standard InChI is InChI=1S/C22H27N3O5/c1-2-28-11-5-10-24-22(27)17-9-8-15(12-18(17)23)21(26)25-13-16-14-29-19-6-3-4-7-20(19)30-16/h3-4,6-9,12,16H,2,5,10-11,13-14,23H2,1H3,(H,24,27)(H,25,26). The van der Waals surface area contributed by atoms with E-state index in [-0.39, 0.29) is 30.2 Å². The number of carbonyl (C=O) groups is 2. The first-order valence-electron chi connectivity index (χ1n) is 10.0. The summed E-state index contributed by atoms with van der Waals surface area (Å²) >= 11 is 0. The number of rotatable bonds is 9. The van der Waals surface area contributed by atoms with Gasteiger partial charge in [-0.05, 0) is 43.7 Å². The van der Waals surface area contributed by atoms with E-state index in [0.29, 0.717) is 49.0 Å². The Balaban J connectivity index is 1.49. The number of amides is 2. The maximum absolute atomic E-state index is 12.5.